The Labute approximate surface area is 116 Å². The minimum atomic E-state index is -1.01. The number of hydrogen-bond donors (Lipinski definition) is 2. The van der Waals surface area contributed by atoms with Crippen molar-refractivity contribution in [1.29, 1.82) is 0 Å². The van der Waals surface area contributed by atoms with Crippen molar-refractivity contribution in [2.75, 3.05) is 6.54 Å². The SMILES string of the molecule is O=C(O)CNC(=O)C1CC1c1cccc2ccccc12. The fourth-order valence-electron chi connectivity index (χ4n) is 2.70. The molecule has 4 nitrogen and oxygen atoms in total. The van der Waals surface area contributed by atoms with Gasteiger partial charge in [-0.15, -0.1) is 0 Å². The van der Waals surface area contributed by atoms with Gasteiger partial charge in [0.1, 0.15) is 6.54 Å². The highest BCUT2D eigenvalue weighted by Gasteiger charge is 2.44. The first-order chi connectivity index (χ1) is 9.66. The molecule has 4 heteroatoms. The maximum absolute atomic E-state index is 11.9. The number of benzene rings is 2. The molecule has 1 aliphatic carbocycles. The van der Waals surface area contributed by atoms with Gasteiger partial charge in [0, 0.05) is 5.92 Å². The van der Waals surface area contributed by atoms with E-state index in [2.05, 4.69) is 29.6 Å². The van der Waals surface area contributed by atoms with E-state index >= 15 is 0 Å². The highest BCUT2D eigenvalue weighted by Crippen LogP contribution is 2.49. The van der Waals surface area contributed by atoms with Gasteiger partial charge in [-0.25, -0.2) is 0 Å². The summed E-state index contributed by atoms with van der Waals surface area (Å²) in [5.41, 5.74) is 1.18. The second-order valence-electron chi connectivity index (χ2n) is 5.13. The van der Waals surface area contributed by atoms with Crippen LogP contribution in [0, 0.1) is 5.92 Å². The van der Waals surface area contributed by atoms with Gasteiger partial charge in [-0.05, 0) is 28.7 Å². The quantitative estimate of drug-likeness (QED) is 0.893. The number of carbonyl (C=O) groups excluding carboxylic acids is 1. The largest absolute Gasteiger partial charge is 0.480 e. The first-order valence-electron chi connectivity index (χ1n) is 6.64. The fourth-order valence-corrected chi connectivity index (χ4v) is 2.70. The number of aliphatic carboxylic acids is 1. The molecule has 0 saturated heterocycles. The fraction of sp³-hybridized carbons (Fsp3) is 0.250. The Kier molecular flexibility index (Phi) is 3.14. The van der Waals surface area contributed by atoms with Crippen LogP contribution in [0.5, 0.6) is 0 Å². The molecule has 1 amide bonds. The molecule has 2 aromatic rings. The lowest BCUT2D eigenvalue weighted by atomic mass is 10.00. The van der Waals surface area contributed by atoms with Crippen molar-refractivity contribution in [2.24, 2.45) is 5.92 Å². The van der Waals surface area contributed by atoms with Gasteiger partial charge in [-0.1, -0.05) is 42.5 Å². The number of hydrogen-bond acceptors (Lipinski definition) is 2. The summed E-state index contributed by atoms with van der Waals surface area (Å²) in [6, 6.07) is 14.2. The van der Waals surface area contributed by atoms with Gasteiger partial charge in [0.05, 0.1) is 0 Å². The molecule has 0 heterocycles. The average molecular weight is 269 g/mol. The third-order valence-electron chi connectivity index (χ3n) is 3.76. The third-order valence-corrected chi connectivity index (χ3v) is 3.76. The lowest BCUT2D eigenvalue weighted by Gasteiger charge is -2.06. The Morgan fingerprint density at radius 3 is 2.70 bits per heavy atom. The van der Waals surface area contributed by atoms with Crippen LogP contribution in [-0.4, -0.2) is 23.5 Å². The maximum atomic E-state index is 11.9. The van der Waals surface area contributed by atoms with E-state index in [0.717, 1.165) is 6.42 Å². The first kappa shape index (κ1) is 12.7. The number of carboxylic acids is 1. The summed E-state index contributed by atoms with van der Waals surface area (Å²) in [7, 11) is 0. The van der Waals surface area contributed by atoms with Crippen LogP contribution in [0.2, 0.25) is 0 Å². The van der Waals surface area contributed by atoms with Crippen LogP contribution < -0.4 is 5.32 Å². The zero-order valence-corrected chi connectivity index (χ0v) is 10.9. The van der Waals surface area contributed by atoms with Crippen molar-refractivity contribution < 1.29 is 14.7 Å². The average Bonchev–Trinajstić information content (AvgIpc) is 3.24. The van der Waals surface area contributed by atoms with Crippen molar-refractivity contribution in [3.63, 3.8) is 0 Å². The zero-order chi connectivity index (χ0) is 14.1. The minimum absolute atomic E-state index is 0.0971. The Hall–Kier alpha value is -2.36. The molecule has 0 spiro atoms. The lowest BCUT2D eigenvalue weighted by Crippen LogP contribution is -2.30. The van der Waals surface area contributed by atoms with Crippen LogP contribution in [0.15, 0.2) is 42.5 Å². The Morgan fingerprint density at radius 2 is 1.90 bits per heavy atom. The van der Waals surface area contributed by atoms with Crippen LogP contribution in [0.1, 0.15) is 17.9 Å². The number of nitrogens with one attached hydrogen (secondary N) is 1. The van der Waals surface area contributed by atoms with Gasteiger partial charge in [-0.3, -0.25) is 9.59 Å². The summed E-state index contributed by atoms with van der Waals surface area (Å²) < 4.78 is 0. The molecule has 1 saturated carbocycles. The van der Waals surface area contributed by atoms with Gasteiger partial charge in [0.2, 0.25) is 5.91 Å². The number of rotatable bonds is 4. The number of fused-ring (bicyclic) bond motifs is 1. The first-order valence-corrected chi connectivity index (χ1v) is 6.64. The van der Waals surface area contributed by atoms with Crippen molar-refractivity contribution in [3.8, 4) is 0 Å². The van der Waals surface area contributed by atoms with Crippen molar-refractivity contribution in [3.05, 3.63) is 48.0 Å². The molecule has 102 valence electrons. The molecular weight excluding hydrogens is 254 g/mol. The number of amides is 1. The predicted octanol–water partition coefficient (Wildman–Crippen LogP) is 2.14. The standard InChI is InChI=1S/C16H15NO3/c18-15(19)9-17-16(20)14-8-13(14)12-7-3-5-10-4-1-2-6-11(10)12/h1-7,13-14H,8-9H2,(H,17,20)(H,18,19). The molecule has 3 rings (SSSR count). The summed E-state index contributed by atoms with van der Waals surface area (Å²) in [4.78, 5) is 22.3. The summed E-state index contributed by atoms with van der Waals surface area (Å²) in [5, 5.41) is 13.4. The van der Waals surface area contributed by atoms with E-state index in [1.165, 1.54) is 16.3 Å². The topological polar surface area (TPSA) is 66.4 Å². The van der Waals surface area contributed by atoms with Gasteiger partial charge >= 0.3 is 5.97 Å². The van der Waals surface area contributed by atoms with E-state index in [-0.39, 0.29) is 24.3 Å². The highest BCUT2D eigenvalue weighted by atomic mass is 16.4. The third kappa shape index (κ3) is 2.37. The summed E-state index contributed by atoms with van der Waals surface area (Å²) in [6.07, 6.45) is 0.791. The monoisotopic (exact) mass is 269 g/mol. The van der Waals surface area contributed by atoms with E-state index in [1.54, 1.807) is 0 Å². The Bertz CT molecular complexity index is 675. The molecule has 0 bridgehead atoms. The lowest BCUT2D eigenvalue weighted by molar-refractivity contribution is -0.138. The Balaban J connectivity index is 1.78. The van der Waals surface area contributed by atoms with E-state index < -0.39 is 5.97 Å². The van der Waals surface area contributed by atoms with Gasteiger partial charge in [0.15, 0.2) is 0 Å². The van der Waals surface area contributed by atoms with Crippen molar-refractivity contribution in [1.82, 2.24) is 5.32 Å². The smallest absolute Gasteiger partial charge is 0.322 e. The Morgan fingerprint density at radius 1 is 1.15 bits per heavy atom. The number of carboxylic acid groups (broad SMARTS) is 1. The molecule has 1 aliphatic rings. The van der Waals surface area contributed by atoms with E-state index in [1.807, 2.05) is 18.2 Å². The maximum Gasteiger partial charge on any atom is 0.322 e. The summed E-state index contributed by atoms with van der Waals surface area (Å²) in [5.74, 6) is -1.07. The molecule has 0 radical (unpaired) electrons. The molecule has 2 N–H and O–H groups in total. The van der Waals surface area contributed by atoms with E-state index in [4.69, 9.17) is 5.11 Å². The normalized spacial score (nSPS) is 20.6. The van der Waals surface area contributed by atoms with Crippen molar-refractivity contribution >= 4 is 22.6 Å². The second kappa shape index (κ2) is 4.96. The van der Waals surface area contributed by atoms with Crippen LogP contribution in [0.4, 0.5) is 0 Å². The van der Waals surface area contributed by atoms with Gasteiger partial charge in [0.25, 0.3) is 0 Å². The predicted molar refractivity (Wildman–Crippen MR) is 75.4 cm³/mol. The second-order valence-corrected chi connectivity index (χ2v) is 5.13. The van der Waals surface area contributed by atoms with Crippen LogP contribution >= 0.6 is 0 Å². The van der Waals surface area contributed by atoms with Gasteiger partial charge in [-0.2, -0.15) is 0 Å². The highest BCUT2D eigenvalue weighted by molar-refractivity contribution is 5.90. The molecule has 2 unspecified atom stereocenters. The minimum Gasteiger partial charge on any atom is -0.480 e. The van der Waals surface area contributed by atoms with E-state index in [9.17, 15) is 9.59 Å². The molecule has 0 aliphatic heterocycles. The van der Waals surface area contributed by atoms with Crippen molar-refractivity contribution in [2.45, 2.75) is 12.3 Å². The van der Waals surface area contributed by atoms with Gasteiger partial charge < -0.3 is 10.4 Å². The molecule has 0 aromatic heterocycles. The van der Waals surface area contributed by atoms with Crippen LogP contribution in [0.25, 0.3) is 10.8 Å². The number of carbonyl (C=O) groups is 2. The molecule has 1 fully saturated rings. The summed E-state index contributed by atoms with van der Waals surface area (Å²) in [6.45, 7) is -0.308. The van der Waals surface area contributed by atoms with Crippen LogP contribution in [-0.2, 0) is 9.59 Å². The molecular formula is C16H15NO3. The summed E-state index contributed by atoms with van der Waals surface area (Å²) >= 11 is 0. The molecule has 2 aromatic carbocycles. The molecule has 2 atom stereocenters. The molecule has 20 heavy (non-hydrogen) atoms. The van der Waals surface area contributed by atoms with E-state index in [0.29, 0.717) is 0 Å². The van der Waals surface area contributed by atoms with Crippen LogP contribution in [0.3, 0.4) is 0 Å². The zero-order valence-electron chi connectivity index (χ0n) is 10.9.